The number of hydrogen-bond acceptors (Lipinski definition) is 3. The van der Waals surface area contributed by atoms with Crippen LogP contribution < -0.4 is 11.1 Å². The van der Waals surface area contributed by atoms with Crippen LogP contribution in [0.1, 0.15) is 46.0 Å². The van der Waals surface area contributed by atoms with Crippen molar-refractivity contribution in [2.24, 2.45) is 5.73 Å². The Balaban J connectivity index is 2.41. The monoisotopic (exact) mass is 228 g/mol. The predicted molar refractivity (Wildman–Crippen MR) is 64.1 cm³/mol. The maximum atomic E-state index is 11.8. The number of rotatable bonds is 6. The molecule has 1 atom stereocenters. The topological polar surface area (TPSA) is 64.3 Å². The van der Waals surface area contributed by atoms with Gasteiger partial charge in [-0.3, -0.25) is 4.79 Å². The van der Waals surface area contributed by atoms with E-state index in [1.165, 1.54) is 0 Å². The lowest BCUT2D eigenvalue weighted by Gasteiger charge is -2.31. The van der Waals surface area contributed by atoms with Gasteiger partial charge in [-0.2, -0.15) is 0 Å². The fourth-order valence-electron chi connectivity index (χ4n) is 2.13. The minimum atomic E-state index is -0.227. The van der Waals surface area contributed by atoms with Crippen LogP contribution in [0.5, 0.6) is 0 Å². The van der Waals surface area contributed by atoms with Gasteiger partial charge < -0.3 is 15.8 Å². The van der Waals surface area contributed by atoms with Crippen molar-refractivity contribution in [3.63, 3.8) is 0 Å². The Morgan fingerprint density at radius 1 is 1.50 bits per heavy atom. The van der Waals surface area contributed by atoms with E-state index in [0.717, 1.165) is 32.3 Å². The van der Waals surface area contributed by atoms with Gasteiger partial charge in [0.05, 0.1) is 18.1 Å². The highest BCUT2D eigenvalue weighted by molar-refractivity contribution is 5.77. The van der Waals surface area contributed by atoms with E-state index in [1.54, 1.807) is 0 Å². The molecule has 1 unspecified atom stereocenters. The zero-order chi connectivity index (χ0) is 12.0. The van der Waals surface area contributed by atoms with Gasteiger partial charge in [-0.25, -0.2) is 0 Å². The van der Waals surface area contributed by atoms with Crippen LogP contribution in [0.15, 0.2) is 0 Å². The van der Waals surface area contributed by atoms with Crippen LogP contribution in [0.4, 0.5) is 0 Å². The van der Waals surface area contributed by atoms with Crippen molar-refractivity contribution in [2.75, 3.05) is 13.2 Å². The van der Waals surface area contributed by atoms with Crippen molar-refractivity contribution in [3.8, 4) is 0 Å². The minimum absolute atomic E-state index is 0.0704. The first-order valence-corrected chi connectivity index (χ1v) is 6.28. The Bertz CT molecular complexity index is 213. The molecule has 0 bridgehead atoms. The third-order valence-corrected chi connectivity index (χ3v) is 3.59. The normalized spacial score (nSPS) is 21.1. The Labute approximate surface area is 97.9 Å². The van der Waals surface area contributed by atoms with Gasteiger partial charge in [0.1, 0.15) is 0 Å². The van der Waals surface area contributed by atoms with Crippen molar-refractivity contribution in [3.05, 3.63) is 0 Å². The lowest BCUT2D eigenvalue weighted by Crippen LogP contribution is -2.53. The number of amides is 1. The lowest BCUT2D eigenvalue weighted by molar-refractivity contribution is -0.125. The number of hydrogen-bond donors (Lipinski definition) is 2. The molecule has 1 fully saturated rings. The summed E-state index contributed by atoms with van der Waals surface area (Å²) >= 11 is 0. The van der Waals surface area contributed by atoms with Gasteiger partial charge in [-0.1, -0.05) is 13.8 Å². The first kappa shape index (κ1) is 13.5. The van der Waals surface area contributed by atoms with E-state index in [2.05, 4.69) is 19.2 Å². The van der Waals surface area contributed by atoms with E-state index in [-0.39, 0.29) is 17.6 Å². The van der Waals surface area contributed by atoms with Crippen molar-refractivity contribution in [2.45, 2.75) is 57.6 Å². The summed E-state index contributed by atoms with van der Waals surface area (Å²) < 4.78 is 5.45. The molecule has 0 aromatic heterocycles. The molecule has 0 aliphatic carbocycles. The van der Waals surface area contributed by atoms with E-state index in [0.29, 0.717) is 13.0 Å². The van der Waals surface area contributed by atoms with Gasteiger partial charge in [-0.05, 0) is 25.7 Å². The summed E-state index contributed by atoms with van der Waals surface area (Å²) in [6.45, 7) is 5.41. The highest BCUT2D eigenvalue weighted by Gasteiger charge is 2.28. The smallest absolute Gasteiger partial charge is 0.223 e. The van der Waals surface area contributed by atoms with Crippen molar-refractivity contribution in [1.29, 1.82) is 0 Å². The molecule has 0 saturated carbocycles. The van der Waals surface area contributed by atoms with Gasteiger partial charge in [-0.15, -0.1) is 0 Å². The predicted octanol–water partition coefficient (Wildman–Crippen LogP) is 1.19. The van der Waals surface area contributed by atoms with Crippen molar-refractivity contribution in [1.82, 2.24) is 5.32 Å². The Morgan fingerprint density at radius 3 is 2.62 bits per heavy atom. The summed E-state index contributed by atoms with van der Waals surface area (Å²) in [6.07, 6.45) is 4.41. The molecular formula is C12H24N2O2. The first-order valence-electron chi connectivity index (χ1n) is 6.28. The Hall–Kier alpha value is -0.610. The second kappa shape index (κ2) is 6.21. The van der Waals surface area contributed by atoms with Crippen LogP contribution in [0.3, 0.4) is 0 Å². The number of nitrogens with two attached hydrogens (primary N) is 1. The SMILES string of the molecule is CCC(CC)(CN)NC(=O)CC1CCCO1. The van der Waals surface area contributed by atoms with Crippen LogP contribution in [0.25, 0.3) is 0 Å². The number of carbonyl (C=O) groups excluding carboxylic acids is 1. The number of nitrogens with one attached hydrogen (secondary N) is 1. The van der Waals surface area contributed by atoms with E-state index >= 15 is 0 Å². The van der Waals surface area contributed by atoms with Crippen molar-refractivity contribution < 1.29 is 9.53 Å². The van der Waals surface area contributed by atoms with Crippen LogP contribution in [0, 0.1) is 0 Å². The third-order valence-electron chi connectivity index (χ3n) is 3.59. The summed E-state index contributed by atoms with van der Waals surface area (Å²) in [5, 5.41) is 3.06. The molecule has 1 saturated heterocycles. The van der Waals surface area contributed by atoms with Gasteiger partial charge in [0.15, 0.2) is 0 Å². The molecule has 1 aliphatic rings. The third kappa shape index (κ3) is 3.46. The molecule has 1 rings (SSSR count). The summed E-state index contributed by atoms with van der Waals surface area (Å²) in [7, 11) is 0. The maximum Gasteiger partial charge on any atom is 0.223 e. The van der Waals surface area contributed by atoms with Crippen LogP contribution in [-0.4, -0.2) is 30.7 Å². The Kier molecular flexibility index (Phi) is 5.22. The van der Waals surface area contributed by atoms with E-state index < -0.39 is 0 Å². The van der Waals surface area contributed by atoms with E-state index in [1.807, 2.05) is 0 Å². The van der Waals surface area contributed by atoms with Gasteiger partial charge in [0.2, 0.25) is 5.91 Å². The second-order valence-corrected chi connectivity index (χ2v) is 4.58. The zero-order valence-corrected chi connectivity index (χ0v) is 10.4. The molecular weight excluding hydrogens is 204 g/mol. The molecule has 16 heavy (non-hydrogen) atoms. The quantitative estimate of drug-likeness (QED) is 0.717. The average molecular weight is 228 g/mol. The maximum absolute atomic E-state index is 11.8. The number of carbonyl (C=O) groups is 1. The molecule has 0 aromatic carbocycles. The summed E-state index contributed by atoms with van der Waals surface area (Å²) in [6, 6.07) is 0. The molecule has 1 amide bonds. The molecule has 1 aliphatic heterocycles. The van der Waals surface area contributed by atoms with Gasteiger partial charge in [0.25, 0.3) is 0 Å². The summed E-state index contributed by atoms with van der Waals surface area (Å²) in [5.41, 5.74) is 5.51. The van der Waals surface area contributed by atoms with Gasteiger partial charge >= 0.3 is 0 Å². The molecule has 0 aromatic rings. The summed E-state index contributed by atoms with van der Waals surface area (Å²) in [5.74, 6) is 0.0704. The minimum Gasteiger partial charge on any atom is -0.378 e. The molecule has 3 N–H and O–H groups in total. The zero-order valence-electron chi connectivity index (χ0n) is 10.4. The van der Waals surface area contributed by atoms with Crippen LogP contribution in [-0.2, 0) is 9.53 Å². The molecule has 0 radical (unpaired) electrons. The molecule has 94 valence electrons. The van der Waals surface area contributed by atoms with Crippen LogP contribution in [0.2, 0.25) is 0 Å². The fraction of sp³-hybridized carbons (Fsp3) is 0.917. The summed E-state index contributed by atoms with van der Waals surface area (Å²) in [4.78, 5) is 11.8. The van der Waals surface area contributed by atoms with Crippen LogP contribution >= 0.6 is 0 Å². The second-order valence-electron chi connectivity index (χ2n) is 4.58. The molecule has 1 heterocycles. The highest BCUT2D eigenvalue weighted by atomic mass is 16.5. The standard InChI is InChI=1S/C12H24N2O2/c1-3-12(4-2,9-13)14-11(15)8-10-6-5-7-16-10/h10H,3-9,13H2,1-2H3,(H,14,15). The average Bonchev–Trinajstić information content (AvgIpc) is 2.79. The lowest BCUT2D eigenvalue weighted by atomic mass is 9.92. The number of ether oxygens (including phenoxy) is 1. The largest absolute Gasteiger partial charge is 0.378 e. The van der Waals surface area contributed by atoms with Crippen molar-refractivity contribution >= 4 is 5.91 Å². The fourth-order valence-corrected chi connectivity index (χ4v) is 2.13. The Morgan fingerprint density at radius 2 is 2.19 bits per heavy atom. The first-order chi connectivity index (χ1) is 7.65. The highest BCUT2D eigenvalue weighted by Crippen LogP contribution is 2.17. The molecule has 4 nitrogen and oxygen atoms in total. The van der Waals surface area contributed by atoms with Gasteiger partial charge in [0, 0.05) is 13.2 Å². The molecule has 0 spiro atoms. The van der Waals surface area contributed by atoms with E-state index in [9.17, 15) is 4.79 Å². The molecule has 4 heteroatoms. The van der Waals surface area contributed by atoms with E-state index in [4.69, 9.17) is 10.5 Å².